The summed E-state index contributed by atoms with van der Waals surface area (Å²) in [6.07, 6.45) is 0.917. The van der Waals surface area contributed by atoms with Crippen molar-refractivity contribution in [3.63, 3.8) is 0 Å². The Bertz CT molecular complexity index is 425. The molecule has 0 bridgehead atoms. The van der Waals surface area contributed by atoms with E-state index in [4.69, 9.17) is 4.55 Å². The highest BCUT2D eigenvalue weighted by Gasteiger charge is 2.46. The maximum absolute atomic E-state index is 11.3. The normalized spacial score (nSPS) is 13.6. The highest BCUT2D eigenvalue weighted by atomic mass is 32.2. The molecule has 0 aliphatic heterocycles. The van der Waals surface area contributed by atoms with Crippen molar-refractivity contribution in [2.24, 2.45) is 0 Å². The maximum atomic E-state index is 11.3. The minimum absolute atomic E-state index is 0.674. The first-order valence-electron chi connectivity index (χ1n) is 4.55. The fourth-order valence-corrected chi connectivity index (χ4v) is 2.47. The third-order valence-corrected chi connectivity index (χ3v) is 3.38. The number of hydrogen-bond donors (Lipinski definition) is 2. The zero-order valence-corrected chi connectivity index (χ0v) is 10.6. The lowest BCUT2D eigenvalue weighted by Gasteiger charge is -2.30. The number of amides is 1. The Labute approximate surface area is 99.6 Å². The number of rotatable bonds is 5. The highest BCUT2D eigenvalue weighted by molar-refractivity contribution is 7.87. The molecule has 0 rings (SSSR count). The van der Waals surface area contributed by atoms with Crippen LogP contribution in [-0.4, -0.2) is 42.7 Å². The zero-order chi connectivity index (χ0) is 13.9. The van der Waals surface area contributed by atoms with Crippen LogP contribution in [0.2, 0.25) is 0 Å². The van der Waals surface area contributed by atoms with Gasteiger partial charge in [-0.25, -0.2) is 0 Å². The number of carbonyl (C=O) groups excluding carboxylic acids is 2. The minimum Gasteiger partial charge on any atom is -0.468 e. The van der Waals surface area contributed by atoms with Gasteiger partial charge >= 0.3 is 5.97 Å². The van der Waals surface area contributed by atoms with Crippen molar-refractivity contribution in [2.45, 2.75) is 24.6 Å². The molecular formula is C9H15NO6S. The van der Waals surface area contributed by atoms with Gasteiger partial charge in [0.2, 0.25) is 11.2 Å². The summed E-state index contributed by atoms with van der Waals surface area (Å²) < 4.78 is 35.5. The predicted octanol–water partition coefficient (Wildman–Crippen LogP) is -0.503. The molecule has 1 unspecified atom stereocenters. The van der Waals surface area contributed by atoms with Gasteiger partial charge in [0, 0.05) is 0 Å². The van der Waals surface area contributed by atoms with Gasteiger partial charge in [-0.05, 0) is 19.9 Å². The van der Waals surface area contributed by atoms with Crippen LogP contribution in [0.3, 0.4) is 0 Å². The van der Waals surface area contributed by atoms with Crippen LogP contribution in [0.5, 0.6) is 0 Å². The molecule has 0 heterocycles. The van der Waals surface area contributed by atoms with E-state index in [0.29, 0.717) is 0 Å². The molecule has 98 valence electrons. The van der Waals surface area contributed by atoms with E-state index in [9.17, 15) is 18.0 Å². The van der Waals surface area contributed by atoms with Gasteiger partial charge in [0.1, 0.15) is 0 Å². The van der Waals surface area contributed by atoms with E-state index < -0.39 is 32.8 Å². The van der Waals surface area contributed by atoms with Gasteiger partial charge in [0.05, 0.1) is 12.6 Å². The quantitative estimate of drug-likeness (QED) is 0.394. The zero-order valence-electron chi connectivity index (χ0n) is 9.76. The average molecular weight is 265 g/mol. The van der Waals surface area contributed by atoms with E-state index in [1.165, 1.54) is 13.8 Å². The Balaban J connectivity index is 5.39. The molecule has 1 amide bonds. The summed E-state index contributed by atoms with van der Waals surface area (Å²) in [5.41, 5.74) is -1.54. The molecule has 0 spiro atoms. The summed E-state index contributed by atoms with van der Waals surface area (Å²) in [6, 6.07) is 0. The molecular weight excluding hydrogens is 250 g/mol. The van der Waals surface area contributed by atoms with Gasteiger partial charge in [-0.1, -0.05) is 6.58 Å². The number of methoxy groups -OCH3 is 1. The highest BCUT2D eigenvalue weighted by Crippen LogP contribution is 2.18. The van der Waals surface area contributed by atoms with E-state index in [2.05, 4.69) is 16.6 Å². The van der Waals surface area contributed by atoms with Crippen LogP contribution in [0.15, 0.2) is 12.7 Å². The van der Waals surface area contributed by atoms with Crippen LogP contribution >= 0.6 is 0 Å². The van der Waals surface area contributed by atoms with Crippen LogP contribution in [-0.2, 0) is 24.4 Å². The molecule has 0 aliphatic rings. The Hall–Kier alpha value is -1.41. The summed E-state index contributed by atoms with van der Waals surface area (Å²) in [5, 5.41) is 0.318. The van der Waals surface area contributed by atoms with Gasteiger partial charge in [0.15, 0.2) is 0 Å². The van der Waals surface area contributed by atoms with Crippen molar-refractivity contribution < 1.29 is 27.3 Å². The number of esters is 1. The predicted molar refractivity (Wildman–Crippen MR) is 59.8 cm³/mol. The third kappa shape index (κ3) is 4.16. The monoisotopic (exact) mass is 265 g/mol. The molecule has 0 aromatic heterocycles. The average Bonchev–Trinajstić information content (AvgIpc) is 2.13. The van der Waals surface area contributed by atoms with Crippen molar-refractivity contribution in [1.29, 1.82) is 0 Å². The molecule has 7 nitrogen and oxygen atoms in total. The Kier molecular flexibility index (Phi) is 4.84. The Morgan fingerprint density at radius 1 is 1.47 bits per heavy atom. The summed E-state index contributed by atoms with van der Waals surface area (Å²) in [6.45, 7) is 5.73. The van der Waals surface area contributed by atoms with Crippen molar-refractivity contribution >= 4 is 22.0 Å². The summed E-state index contributed by atoms with van der Waals surface area (Å²) >= 11 is 0. The third-order valence-electron chi connectivity index (χ3n) is 2.00. The van der Waals surface area contributed by atoms with Gasteiger partial charge in [-0.15, -0.1) is 0 Å². The molecule has 0 fully saturated rings. The fourth-order valence-electron chi connectivity index (χ4n) is 1.33. The smallest absolute Gasteiger partial charge is 0.329 e. The molecule has 0 aliphatic carbocycles. The summed E-state index contributed by atoms with van der Waals surface area (Å²) in [7, 11) is -3.73. The van der Waals surface area contributed by atoms with Crippen LogP contribution in [0, 0.1) is 0 Å². The number of carbonyl (C=O) groups is 2. The molecule has 0 radical (unpaired) electrons. The van der Waals surface area contributed by atoms with Gasteiger partial charge in [0.25, 0.3) is 10.1 Å². The van der Waals surface area contributed by atoms with E-state index in [-0.39, 0.29) is 0 Å². The lowest BCUT2D eigenvalue weighted by molar-refractivity contribution is -0.141. The molecule has 0 saturated heterocycles. The Morgan fingerprint density at radius 2 is 1.94 bits per heavy atom. The standard InChI is InChI=1S/C9H15NO6S/c1-5-6(11)10-9(2,3)7(8(12)16-4)17(13,14)15/h5,7H,1H2,2-4H3,(H,10,11)(H,13,14,15). The molecule has 17 heavy (non-hydrogen) atoms. The van der Waals surface area contributed by atoms with E-state index >= 15 is 0 Å². The van der Waals surface area contributed by atoms with Gasteiger partial charge < -0.3 is 10.1 Å². The molecule has 0 aromatic rings. The molecule has 2 N–H and O–H groups in total. The molecule has 8 heteroatoms. The Morgan fingerprint density at radius 3 is 2.24 bits per heavy atom. The minimum atomic E-state index is -4.71. The second kappa shape index (κ2) is 5.28. The van der Waals surface area contributed by atoms with Crippen LogP contribution in [0.4, 0.5) is 0 Å². The SMILES string of the molecule is C=CC(=O)NC(C)(C)C(C(=O)OC)S(=O)(=O)O. The van der Waals surface area contributed by atoms with E-state index in [1.807, 2.05) is 0 Å². The van der Waals surface area contributed by atoms with Crippen LogP contribution in [0.25, 0.3) is 0 Å². The first-order chi connectivity index (χ1) is 7.56. The summed E-state index contributed by atoms with van der Waals surface area (Å²) in [4.78, 5) is 22.4. The maximum Gasteiger partial charge on any atom is 0.329 e. The first-order valence-corrected chi connectivity index (χ1v) is 6.05. The van der Waals surface area contributed by atoms with Gasteiger partial charge in [-0.3, -0.25) is 14.1 Å². The second-order valence-electron chi connectivity index (χ2n) is 3.83. The number of hydrogen-bond acceptors (Lipinski definition) is 5. The lowest BCUT2D eigenvalue weighted by atomic mass is 10.00. The van der Waals surface area contributed by atoms with Gasteiger partial charge in [-0.2, -0.15) is 8.42 Å². The molecule has 0 aromatic carbocycles. The lowest BCUT2D eigenvalue weighted by Crippen LogP contribution is -2.58. The van der Waals surface area contributed by atoms with E-state index in [0.717, 1.165) is 13.2 Å². The van der Waals surface area contributed by atoms with E-state index in [1.54, 1.807) is 0 Å². The topological polar surface area (TPSA) is 110 Å². The van der Waals surface area contributed by atoms with Crippen molar-refractivity contribution in [1.82, 2.24) is 5.32 Å². The fraction of sp³-hybridized carbons (Fsp3) is 0.556. The number of ether oxygens (including phenoxy) is 1. The molecule has 0 saturated carbocycles. The van der Waals surface area contributed by atoms with Crippen molar-refractivity contribution in [2.75, 3.05) is 7.11 Å². The van der Waals surface area contributed by atoms with Crippen molar-refractivity contribution in [3.05, 3.63) is 12.7 Å². The molecule has 1 atom stereocenters. The second-order valence-corrected chi connectivity index (χ2v) is 5.33. The number of nitrogens with one attached hydrogen (secondary N) is 1. The summed E-state index contributed by atoms with van der Waals surface area (Å²) in [5.74, 6) is -1.84. The van der Waals surface area contributed by atoms with Crippen molar-refractivity contribution in [3.8, 4) is 0 Å². The first kappa shape index (κ1) is 15.6. The largest absolute Gasteiger partial charge is 0.468 e. The van der Waals surface area contributed by atoms with Crippen LogP contribution < -0.4 is 5.32 Å². The van der Waals surface area contributed by atoms with Crippen LogP contribution in [0.1, 0.15) is 13.8 Å².